The lowest BCUT2D eigenvalue weighted by Crippen LogP contribution is -2.40. The first-order chi connectivity index (χ1) is 10.7. The predicted molar refractivity (Wildman–Crippen MR) is 83.0 cm³/mol. The minimum Gasteiger partial charge on any atom is -0.351 e. The van der Waals surface area contributed by atoms with Gasteiger partial charge in [-0.1, -0.05) is 24.3 Å². The minimum absolute atomic E-state index is 0.119. The molecule has 1 aromatic heterocycles. The summed E-state index contributed by atoms with van der Waals surface area (Å²) in [5.74, 6) is 0.119. The Balaban J connectivity index is 1.66. The van der Waals surface area contributed by atoms with E-state index in [1.807, 2.05) is 25.1 Å². The van der Waals surface area contributed by atoms with E-state index in [0.717, 1.165) is 30.6 Å². The van der Waals surface area contributed by atoms with Crippen molar-refractivity contribution in [1.29, 1.82) is 0 Å². The standard InChI is InChI=1S/C16H21N5O/c1-16(6-7-17-10-16)15(22)19-8-13-4-2-3-5-14(13)9-21-12-18-11-20-21/h2-5,11-12,17H,6-10H2,1H3,(H,19,22). The van der Waals surface area contributed by atoms with Gasteiger partial charge in [-0.3, -0.25) is 4.79 Å². The van der Waals surface area contributed by atoms with Gasteiger partial charge in [0, 0.05) is 13.1 Å². The van der Waals surface area contributed by atoms with Crippen molar-refractivity contribution in [2.24, 2.45) is 5.41 Å². The number of benzene rings is 1. The van der Waals surface area contributed by atoms with E-state index >= 15 is 0 Å². The molecule has 0 radical (unpaired) electrons. The maximum atomic E-state index is 12.4. The summed E-state index contributed by atoms with van der Waals surface area (Å²) < 4.78 is 1.78. The summed E-state index contributed by atoms with van der Waals surface area (Å²) in [5, 5.41) is 10.5. The van der Waals surface area contributed by atoms with Gasteiger partial charge in [0.2, 0.25) is 5.91 Å². The Bertz CT molecular complexity index is 632. The summed E-state index contributed by atoms with van der Waals surface area (Å²) in [7, 11) is 0. The third-order valence-corrected chi connectivity index (χ3v) is 4.27. The molecule has 1 aliphatic rings. The molecule has 22 heavy (non-hydrogen) atoms. The van der Waals surface area contributed by atoms with Crippen molar-refractivity contribution in [2.45, 2.75) is 26.4 Å². The lowest BCUT2D eigenvalue weighted by atomic mass is 9.88. The highest BCUT2D eigenvalue weighted by Crippen LogP contribution is 2.24. The molecule has 2 heterocycles. The van der Waals surface area contributed by atoms with Crippen LogP contribution in [0.15, 0.2) is 36.9 Å². The van der Waals surface area contributed by atoms with Crippen LogP contribution in [0.5, 0.6) is 0 Å². The zero-order chi connectivity index (χ0) is 15.4. The molecule has 2 aromatic rings. The summed E-state index contributed by atoms with van der Waals surface area (Å²) in [5.41, 5.74) is 1.96. The second kappa shape index (κ2) is 6.27. The van der Waals surface area contributed by atoms with Gasteiger partial charge in [-0.15, -0.1) is 0 Å². The van der Waals surface area contributed by atoms with E-state index in [4.69, 9.17) is 0 Å². The van der Waals surface area contributed by atoms with Gasteiger partial charge >= 0.3 is 0 Å². The molecule has 0 aliphatic carbocycles. The van der Waals surface area contributed by atoms with Crippen LogP contribution in [-0.4, -0.2) is 33.8 Å². The smallest absolute Gasteiger partial charge is 0.227 e. The topological polar surface area (TPSA) is 71.8 Å². The molecule has 6 nitrogen and oxygen atoms in total. The Morgan fingerprint density at radius 1 is 1.41 bits per heavy atom. The fraction of sp³-hybridized carbons (Fsp3) is 0.438. The molecular weight excluding hydrogens is 278 g/mol. The van der Waals surface area contributed by atoms with Gasteiger partial charge in [0.25, 0.3) is 0 Å². The summed E-state index contributed by atoms with van der Waals surface area (Å²) in [6, 6.07) is 8.09. The highest BCUT2D eigenvalue weighted by Gasteiger charge is 2.35. The largest absolute Gasteiger partial charge is 0.351 e. The van der Waals surface area contributed by atoms with E-state index in [9.17, 15) is 4.79 Å². The van der Waals surface area contributed by atoms with E-state index in [1.54, 1.807) is 11.0 Å². The zero-order valence-corrected chi connectivity index (χ0v) is 12.7. The highest BCUT2D eigenvalue weighted by atomic mass is 16.2. The molecule has 1 aromatic carbocycles. The average molecular weight is 299 g/mol. The van der Waals surface area contributed by atoms with Gasteiger partial charge in [-0.05, 0) is 31.0 Å². The number of hydrogen-bond donors (Lipinski definition) is 2. The first-order valence-corrected chi connectivity index (χ1v) is 7.56. The number of carbonyl (C=O) groups is 1. The quantitative estimate of drug-likeness (QED) is 0.862. The van der Waals surface area contributed by atoms with Gasteiger partial charge in [-0.25, -0.2) is 9.67 Å². The average Bonchev–Trinajstić information content (AvgIpc) is 3.18. The molecule has 1 unspecified atom stereocenters. The number of amides is 1. The summed E-state index contributed by atoms with van der Waals surface area (Å²) >= 11 is 0. The van der Waals surface area contributed by atoms with Crippen LogP contribution < -0.4 is 10.6 Å². The van der Waals surface area contributed by atoms with Gasteiger partial charge in [0.05, 0.1) is 12.0 Å². The molecule has 1 amide bonds. The molecule has 1 atom stereocenters. The van der Waals surface area contributed by atoms with Crippen molar-refractivity contribution in [3.05, 3.63) is 48.0 Å². The van der Waals surface area contributed by atoms with Crippen LogP contribution in [-0.2, 0) is 17.9 Å². The molecule has 116 valence electrons. The van der Waals surface area contributed by atoms with Crippen LogP contribution in [0.2, 0.25) is 0 Å². The summed E-state index contributed by atoms with van der Waals surface area (Å²) in [6.07, 6.45) is 4.11. The monoisotopic (exact) mass is 299 g/mol. The van der Waals surface area contributed by atoms with Crippen LogP contribution in [0.3, 0.4) is 0 Å². The molecular formula is C16H21N5O. The molecule has 0 spiro atoms. The van der Waals surface area contributed by atoms with Crippen LogP contribution in [0.1, 0.15) is 24.5 Å². The zero-order valence-electron chi connectivity index (χ0n) is 12.7. The Morgan fingerprint density at radius 3 is 2.91 bits per heavy atom. The molecule has 1 aliphatic heterocycles. The second-order valence-corrected chi connectivity index (χ2v) is 6.03. The van der Waals surface area contributed by atoms with Gasteiger partial charge < -0.3 is 10.6 Å². The Kier molecular flexibility index (Phi) is 4.20. The Labute approximate surface area is 129 Å². The van der Waals surface area contributed by atoms with Crippen LogP contribution in [0.4, 0.5) is 0 Å². The maximum Gasteiger partial charge on any atom is 0.227 e. The van der Waals surface area contributed by atoms with Gasteiger partial charge in [0.1, 0.15) is 12.7 Å². The highest BCUT2D eigenvalue weighted by molar-refractivity contribution is 5.82. The molecule has 0 bridgehead atoms. The van der Waals surface area contributed by atoms with E-state index in [1.165, 1.54) is 6.33 Å². The maximum absolute atomic E-state index is 12.4. The second-order valence-electron chi connectivity index (χ2n) is 6.03. The molecule has 0 saturated carbocycles. The molecule has 1 fully saturated rings. The van der Waals surface area contributed by atoms with Crippen LogP contribution >= 0.6 is 0 Å². The fourth-order valence-corrected chi connectivity index (χ4v) is 2.77. The van der Waals surface area contributed by atoms with Crippen molar-refractivity contribution < 1.29 is 4.79 Å². The number of aromatic nitrogens is 3. The number of rotatable bonds is 5. The van der Waals surface area contributed by atoms with Gasteiger partial charge in [0.15, 0.2) is 0 Å². The van der Waals surface area contributed by atoms with E-state index in [0.29, 0.717) is 13.1 Å². The lowest BCUT2D eigenvalue weighted by Gasteiger charge is -2.22. The molecule has 6 heteroatoms. The van der Waals surface area contributed by atoms with Crippen molar-refractivity contribution >= 4 is 5.91 Å². The number of nitrogens with one attached hydrogen (secondary N) is 2. The normalized spacial score (nSPS) is 21.0. The Morgan fingerprint density at radius 2 is 2.23 bits per heavy atom. The van der Waals surface area contributed by atoms with Gasteiger partial charge in [-0.2, -0.15) is 5.10 Å². The summed E-state index contributed by atoms with van der Waals surface area (Å²) in [6.45, 7) is 4.88. The third kappa shape index (κ3) is 3.17. The first-order valence-electron chi connectivity index (χ1n) is 7.56. The van der Waals surface area contributed by atoms with Crippen molar-refractivity contribution in [3.8, 4) is 0 Å². The predicted octanol–water partition coefficient (Wildman–Crippen LogP) is 0.942. The number of nitrogens with zero attached hydrogens (tertiary/aromatic N) is 3. The fourth-order valence-electron chi connectivity index (χ4n) is 2.77. The summed E-state index contributed by atoms with van der Waals surface area (Å²) in [4.78, 5) is 16.3. The number of carbonyl (C=O) groups excluding carboxylic acids is 1. The molecule has 2 N–H and O–H groups in total. The number of hydrogen-bond acceptors (Lipinski definition) is 4. The molecule has 3 rings (SSSR count). The van der Waals surface area contributed by atoms with E-state index < -0.39 is 0 Å². The van der Waals surface area contributed by atoms with Crippen LogP contribution in [0.25, 0.3) is 0 Å². The van der Waals surface area contributed by atoms with Crippen molar-refractivity contribution in [3.63, 3.8) is 0 Å². The molecule has 1 saturated heterocycles. The Hall–Kier alpha value is -2.21. The first kappa shape index (κ1) is 14.7. The van der Waals surface area contributed by atoms with Crippen molar-refractivity contribution in [2.75, 3.05) is 13.1 Å². The van der Waals surface area contributed by atoms with Crippen LogP contribution in [0, 0.1) is 5.41 Å². The SMILES string of the molecule is CC1(C(=O)NCc2ccccc2Cn2cncn2)CCNC1. The van der Waals surface area contributed by atoms with E-state index in [-0.39, 0.29) is 11.3 Å². The third-order valence-electron chi connectivity index (χ3n) is 4.27. The van der Waals surface area contributed by atoms with E-state index in [2.05, 4.69) is 26.8 Å². The minimum atomic E-state index is -0.291. The lowest BCUT2D eigenvalue weighted by molar-refractivity contribution is -0.129. The van der Waals surface area contributed by atoms with Crippen molar-refractivity contribution in [1.82, 2.24) is 25.4 Å².